The lowest BCUT2D eigenvalue weighted by molar-refractivity contribution is -0.139. The molecule has 5 unspecified atom stereocenters. The molecule has 2 aliphatic rings. The van der Waals surface area contributed by atoms with Crippen molar-refractivity contribution in [3.63, 3.8) is 0 Å². The summed E-state index contributed by atoms with van der Waals surface area (Å²) in [6.45, 7) is 1.17. The minimum atomic E-state index is -0.978. The Balaban J connectivity index is 1.72. The van der Waals surface area contributed by atoms with Crippen molar-refractivity contribution in [2.75, 3.05) is 26.9 Å². The second kappa shape index (κ2) is 10.8. The summed E-state index contributed by atoms with van der Waals surface area (Å²) < 4.78 is 28.1. The van der Waals surface area contributed by atoms with E-state index in [1.807, 2.05) is 30.4 Å². The van der Waals surface area contributed by atoms with Gasteiger partial charge in [0.15, 0.2) is 0 Å². The summed E-state index contributed by atoms with van der Waals surface area (Å²) in [7, 11) is 3.91. The van der Waals surface area contributed by atoms with Gasteiger partial charge >= 0.3 is 0 Å². The molecule has 1 aromatic rings. The van der Waals surface area contributed by atoms with Crippen LogP contribution in [0.3, 0.4) is 0 Å². The average Bonchev–Trinajstić information content (AvgIpc) is 3.30. The molecule has 5 atom stereocenters. The van der Waals surface area contributed by atoms with Crippen molar-refractivity contribution in [2.45, 2.75) is 30.8 Å². The van der Waals surface area contributed by atoms with Gasteiger partial charge in [-0.15, -0.1) is 0 Å². The van der Waals surface area contributed by atoms with E-state index < -0.39 is 11.9 Å². The van der Waals surface area contributed by atoms with Gasteiger partial charge in [-0.25, -0.2) is 0 Å². The van der Waals surface area contributed by atoms with Crippen molar-refractivity contribution < 1.29 is 28.6 Å². The Kier molecular flexibility index (Phi) is 8.36. The number of aliphatic hydroxyl groups excluding tert-OH is 1. The SMILES string of the molecule is CO/C=C/CC1C(O)CC(OP)C1/C=C/C1(COc2cccc(Cl)c2)OCCO1. The summed E-state index contributed by atoms with van der Waals surface area (Å²) in [5, 5.41) is 11.1. The zero-order valence-corrected chi connectivity index (χ0v) is 18.3. The lowest BCUT2D eigenvalue weighted by atomic mass is 9.90. The van der Waals surface area contributed by atoms with E-state index in [1.165, 1.54) is 0 Å². The van der Waals surface area contributed by atoms with Crippen LogP contribution in [-0.2, 0) is 18.7 Å². The van der Waals surface area contributed by atoms with Gasteiger partial charge in [0.1, 0.15) is 12.4 Å². The lowest BCUT2D eigenvalue weighted by Crippen LogP contribution is -2.35. The van der Waals surface area contributed by atoms with Gasteiger partial charge in [-0.1, -0.05) is 23.7 Å². The highest BCUT2D eigenvalue weighted by molar-refractivity contribution is 7.09. The molecule has 1 heterocycles. The minimum Gasteiger partial charge on any atom is -0.505 e. The monoisotopic (exact) mass is 442 g/mol. The summed E-state index contributed by atoms with van der Waals surface area (Å²) in [5.74, 6) is -0.321. The highest BCUT2D eigenvalue weighted by atomic mass is 35.5. The number of rotatable bonds is 9. The van der Waals surface area contributed by atoms with Crippen LogP contribution in [0.1, 0.15) is 12.8 Å². The van der Waals surface area contributed by atoms with Gasteiger partial charge in [-0.05, 0) is 42.7 Å². The van der Waals surface area contributed by atoms with Crippen LogP contribution in [-0.4, -0.2) is 50.0 Å². The Bertz CT molecular complexity index is 706. The normalized spacial score (nSPS) is 29.1. The van der Waals surface area contributed by atoms with Gasteiger partial charge in [0.25, 0.3) is 0 Å². The van der Waals surface area contributed by atoms with Crippen LogP contribution in [0.15, 0.2) is 48.8 Å². The van der Waals surface area contributed by atoms with Crippen LogP contribution in [0.2, 0.25) is 5.02 Å². The number of methoxy groups -OCH3 is 1. The van der Waals surface area contributed by atoms with Gasteiger partial charge in [-0.2, -0.15) is 0 Å². The fourth-order valence-corrected chi connectivity index (χ4v) is 4.31. The molecule has 1 saturated carbocycles. The highest BCUT2D eigenvalue weighted by Gasteiger charge is 2.42. The molecule has 0 amide bonds. The molecule has 8 heteroatoms. The van der Waals surface area contributed by atoms with Crippen LogP contribution in [0.5, 0.6) is 5.75 Å². The first-order valence-electron chi connectivity index (χ1n) is 9.64. The van der Waals surface area contributed by atoms with E-state index in [1.54, 1.807) is 25.5 Å². The smallest absolute Gasteiger partial charge is 0.223 e. The molecule has 2 fully saturated rings. The Morgan fingerprint density at radius 1 is 1.34 bits per heavy atom. The fraction of sp³-hybridized carbons (Fsp3) is 0.524. The molecule has 1 N–H and O–H groups in total. The maximum atomic E-state index is 10.5. The molecule has 0 spiro atoms. The number of benzene rings is 1. The number of halogens is 1. The number of hydrogen-bond donors (Lipinski definition) is 1. The molecule has 1 aromatic carbocycles. The van der Waals surface area contributed by atoms with Crippen LogP contribution >= 0.6 is 21.1 Å². The van der Waals surface area contributed by atoms with Crippen LogP contribution < -0.4 is 4.74 Å². The number of ether oxygens (including phenoxy) is 4. The summed E-state index contributed by atoms with van der Waals surface area (Å²) in [6.07, 6.45) is 8.13. The minimum absolute atomic E-state index is 0.000138. The molecule has 6 nitrogen and oxygen atoms in total. The van der Waals surface area contributed by atoms with Crippen LogP contribution in [0.4, 0.5) is 0 Å². The molecule has 1 saturated heterocycles. The second-order valence-corrected chi connectivity index (χ2v) is 7.88. The van der Waals surface area contributed by atoms with E-state index in [0.29, 0.717) is 36.8 Å². The molecule has 3 rings (SSSR count). The molecule has 0 aromatic heterocycles. The predicted molar refractivity (Wildman–Crippen MR) is 114 cm³/mol. The van der Waals surface area contributed by atoms with Crippen LogP contribution in [0, 0.1) is 11.8 Å². The van der Waals surface area contributed by atoms with Gasteiger partial charge in [0, 0.05) is 26.8 Å². The van der Waals surface area contributed by atoms with Crippen molar-refractivity contribution in [1.29, 1.82) is 0 Å². The first-order chi connectivity index (χ1) is 14.1. The maximum Gasteiger partial charge on any atom is 0.223 e. The first-order valence-corrected chi connectivity index (χ1v) is 10.5. The molecular weight excluding hydrogens is 415 g/mol. The third-order valence-electron chi connectivity index (χ3n) is 5.29. The Labute approximate surface area is 179 Å². The van der Waals surface area contributed by atoms with Crippen molar-refractivity contribution in [2.24, 2.45) is 11.8 Å². The zero-order valence-electron chi connectivity index (χ0n) is 16.4. The maximum absolute atomic E-state index is 10.5. The third kappa shape index (κ3) is 5.94. The summed E-state index contributed by atoms with van der Waals surface area (Å²) in [6, 6.07) is 7.20. The van der Waals surface area contributed by atoms with Gasteiger partial charge in [0.05, 0.1) is 38.8 Å². The van der Waals surface area contributed by atoms with E-state index in [2.05, 4.69) is 9.47 Å². The van der Waals surface area contributed by atoms with E-state index in [9.17, 15) is 5.11 Å². The van der Waals surface area contributed by atoms with Crippen LogP contribution in [0.25, 0.3) is 0 Å². The largest absolute Gasteiger partial charge is 0.505 e. The molecule has 1 aliphatic heterocycles. The molecular formula is C21H28ClO6P. The van der Waals surface area contributed by atoms with Gasteiger partial charge < -0.3 is 28.6 Å². The highest BCUT2D eigenvalue weighted by Crippen LogP contribution is 2.39. The first kappa shape index (κ1) is 22.5. The summed E-state index contributed by atoms with van der Waals surface area (Å²) in [5.41, 5.74) is 0. The van der Waals surface area contributed by atoms with E-state index >= 15 is 0 Å². The zero-order chi connectivity index (χ0) is 20.7. The van der Waals surface area contributed by atoms with Gasteiger partial charge in [-0.3, -0.25) is 0 Å². The van der Waals surface area contributed by atoms with Crippen molar-refractivity contribution in [3.8, 4) is 5.75 Å². The van der Waals surface area contributed by atoms with E-state index in [-0.39, 0.29) is 24.5 Å². The fourth-order valence-electron chi connectivity index (χ4n) is 3.83. The van der Waals surface area contributed by atoms with Crippen molar-refractivity contribution >= 4 is 21.1 Å². The average molecular weight is 443 g/mol. The standard InChI is InChI=1S/C21H28ClO6P/c1-24-9-3-6-17-18(20(28-29)13-19(17)23)7-8-21(26-10-11-27-21)14-25-16-5-2-4-15(22)12-16/h2-5,7-9,12,17-20,23H,6,10-11,13-14,29H2,1H3/b8-7+,9-3+. The third-order valence-corrected chi connectivity index (χ3v) is 5.88. The Hall–Kier alpha value is -1.14. The number of aliphatic hydroxyl groups is 1. The summed E-state index contributed by atoms with van der Waals surface area (Å²) >= 11 is 6.03. The quantitative estimate of drug-likeness (QED) is 0.357. The molecule has 0 radical (unpaired) electrons. The summed E-state index contributed by atoms with van der Waals surface area (Å²) in [4.78, 5) is 0. The molecule has 1 aliphatic carbocycles. The molecule has 0 bridgehead atoms. The van der Waals surface area contributed by atoms with E-state index in [4.69, 9.17) is 35.1 Å². The Morgan fingerprint density at radius 2 is 2.14 bits per heavy atom. The lowest BCUT2D eigenvalue weighted by Gasteiger charge is -2.26. The second-order valence-electron chi connectivity index (χ2n) is 7.18. The van der Waals surface area contributed by atoms with Crippen molar-refractivity contribution in [1.82, 2.24) is 0 Å². The van der Waals surface area contributed by atoms with Gasteiger partial charge in [0.2, 0.25) is 5.79 Å². The molecule has 160 valence electrons. The Morgan fingerprint density at radius 3 is 2.83 bits per heavy atom. The number of allylic oxidation sites excluding steroid dienone is 1. The topological polar surface area (TPSA) is 66.4 Å². The number of hydrogen-bond acceptors (Lipinski definition) is 6. The predicted octanol–water partition coefficient (Wildman–Crippen LogP) is 3.74. The van der Waals surface area contributed by atoms with E-state index in [0.717, 1.165) is 0 Å². The van der Waals surface area contributed by atoms with Crippen molar-refractivity contribution in [3.05, 3.63) is 53.8 Å². The molecule has 29 heavy (non-hydrogen) atoms.